The zero-order valence-corrected chi connectivity index (χ0v) is 7.15. The minimum absolute atomic E-state index is 0.369. The van der Waals surface area contributed by atoms with Crippen molar-refractivity contribution in [2.24, 2.45) is 0 Å². The van der Waals surface area contributed by atoms with Crippen LogP contribution < -0.4 is 10.6 Å². The van der Waals surface area contributed by atoms with Gasteiger partial charge in [-0.05, 0) is 12.1 Å². The highest BCUT2D eigenvalue weighted by Crippen LogP contribution is 2.19. The number of nitrogens with one attached hydrogen (secondary N) is 2. The van der Waals surface area contributed by atoms with E-state index in [4.69, 9.17) is 5.11 Å². The van der Waals surface area contributed by atoms with Gasteiger partial charge in [0.2, 0.25) is 0 Å². The number of anilines is 1. The van der Waals surface area contributed by atoms with Gasteiger partial charge in [-0.15, -0.1) is 0 Å². The normalized spacial score (nSPS) is 19.1. The summed E-state index contributed by atoms with van der Waals surface area (Å²) in [5, 5.41) is 13.7. The second kappa shape index (κ2) is 3.02. The highest BCUT2D eigenvalue weighted by molar-refractivity contribution is 6.04. The first-order valence-corrected chi connectivity index (χ1v) is 4.08. The van der Waals surface area contributed by atoms with Gasteiger partial charge in [-0.1, -0.05) is 12.1 Å². The molecule has 1 heterocycles. The average molecular weight is 192 g/mol. The standard InChI is InChI=1S/C9H8N2O3/c12-8-5-3-1-2-4-6(5)10-7(11-8)9(13)14/h1-4,7,10H,(H,11,12)(H,13,14). The van der Waals surface area contributed by atoms with E-state index in [1.807, 2.05) is 0 Å². The molecule has 72 valence electrons. The number of carbonyl (C=O) groups excluding carboxylic acids is 1. The lowest BCUT2D eigenvalue weighted by atomic mass is 10.1. The van der Waals surface area contributed by atoms with Crippen molar-refractivity contribution in [3.05, 3.63) is 29.8 Å². The van der Waals surface area contributed by atoms with Gasteiger partial charge in [0, 0.05) is 5.69 Å². The molecule has 1 aromatic rings. The van der Waals surface area contributed by atoms with Crippen molar-refractivity contribution in [2.75, 3.05) is 5.32 Å². The molecular formula is C9H8N2O3. The topological polar surface area (TPSA) is 78.4 Å². The summed E-state index contributed by atoms with van der Waals surface area (Å²) in [6.45, 7) is 0. The second-order valence-electron chi connectivity index (χ2n) is 2.93. The lowest BCUT2D eigenvalue weighted by Crippen LogP contribution is -2.49. The summed E-state index contributed by atoms with van der Waals surface area (Å²) >= 11 is 0. The number of amides is 1. The zero-order valence-electron chi connectivity index (χ0n) is 7.15. The van der Waals surface area contributed by atoms with Gasteiger partial charge in [0.1, 0.15) is 0 Å². The van der Waals surface area contributed by atoms with Gasteiger partial charge in [0.25, 0.3) is 5.91 Å². The van der Waals surface area contributed by atoms with Gasteiger partial charge < -0.3 is 15.7 Å². The SMILES string of the molecule is O=C1NC(C(=O)O)Nc2ccccc21. The van der Waals surface area contributed by atoms with Crippen LogP contribution in [-0.4, -0.2) is 23.1 Å². The van der Waals surface area contributed by atoms with Crippen LogP contribution in [0.2, 0.25) is 0 Å². The lowest BCUT2D eigenvalue weighted by molar-refractivity contribution is -0.138. The van der Waals surface area contributed by atoms with E-state index in [0.29, 0.717) is 11.3 Å². The Morgan fingerprint density at radius 2 is 2.00 bits per heavy atom. The van der Waals surface area contributed by atoms with Gasteiger partial charge in [0.05, 0.1) is 5.56 Å². The van der Waals surface area contributed by atoms with Crippen LogP contribution in [0.25, 0.3) is 0 Å². The molecule has 1 atom stereocenters. The van der Waals surface area contributed by atoms with Crippen molar-refractivity contribution >= 4 is 17.6 Å². The maximum atomic E-state index is 11.4. The molecule has 0 aromatic heterocycles. The fourth-order valence-corrected chi connectivity index (χ4v) is 1.33. The van der Waals surface area contributed by atoms with Crippen molar-refractivity contribution < 1.29 is 14.7 Å². The molecule has 0 bridgehead atoms. The number of carbonyl (C=O) groups is 2. The number of hydrogen-bond acceptors (Lipinski definition) is 3. The molecule has 1 aliphatic rings. The molecule has 0 spiro atoms. The molecule has 14 heavy (non-hydrogen) atoms. The Morgan fingerprint density at radius 1 is 1.29 bits per heavy atom. The van der Waals surface area contributed by atoms with Crippen LogP contribution in [0.15, 0.2) is 24.3 Å². The summed E-state index contributed by atoms with van der Waals surface area (Å²) in [6, 6.07) is 6.77. The van der Waals surface area contributed by atoms with Crippen LogP contribution in [0.3, 0.4) is 0 Å². The van der Waals surface area contributed by atoms with Crippen LogP contribution >= 0.6 is 0 Å². The molecule has 1 aromatic carbocycles. The first kappa shape index (κ1) is 8.55. The molecule has 0 radical (unpaired) electrons. The number of carboxylic acids is 1. The number of rotatable bonds is 1. The number of hydrogen-bond donors (Lipinski definition) is 3. The third-order valence-corrected chi connectivity index (χ3v) is 1.99. The van der Waals surface area contributed by atoms with E-state index in [1.54, 1.807) is 24.3 Å². The van der Waals surface area contributed by atoms with E-state index >= 15 is 0 Å². The fraction of sp³-hybridized carbons (Fsp3) is 0.111. The quantitative estimate of drug-likeness (QED) is 0.596. The van der Waals surface area contributed by atoms with E-state index in [9.17, 15) is 9.59 Å². The van der Waals surface area contributed by atoms with E-state index in [2.05, 4.69) is 10.6 Å². The first-order valence-electron chi connectivity index (χ1n) is 4.08. The van der Waals surface area contributed by atoms with Crippen molar-refractivity contribution in [1.82, 2.24) is 5.32 Å². The smallest absolute Gasteiger partial charge is 0.347 e. The van der Waals surface area contributed by atoms with Gasteiger partial charge >= 0.3 is 5.97 Å². The predicted molar refractivity (Wildman–Crippen MR) is 49.0 cm³/mol. The predicted octanol–water partition coefficient (Wildman–Crippen LogP) is 0.253. The fourth-order valence-electron chi connectivity index (χ4n) is 1.33. The number of benzene rings is 1. The summed E-state index contributed by atoms with van der Waals surface area (Å²) in [5.41, 5.74) is 1.01. The summed E-state index contributed by atoms with van der Waals surface area (Å²) in [4.78, 5) is 22.0. The molecular weight excluding hydrogens is 184 g/mol. The zero-order chi connectivity index (χ0) is 10.1. The number of fused-ring (bicyclic) bond motifs is 1. The molecule has 0 fully saturated rings. The Bertz CT molecular complexity index is 403. The molecule has 1 aliphatic heterocycles. The van der Waals surface area contributed by atoms with Crippen LogP contribution in [0.5, 0.6) is 0 Å². The van der Waals surface area contributed by atoms with Crippen molar-refractivity contribution in [1.29, 1.82) is 0 Å². The first-order chi connectivity index (χ1) is 6.68. The lowest BCUT2D eigenvalue weighted by Gasteiger charge is -2.24. The summed E-state index contributed by atoms with van der Waals surface area (Å²) in [6.07, 6.45) is -1.04. The molecule has 0 aliphatic carbocycles. The molecule has 5 nitrogen and oxygen atoms in total. The maximum absolute atomic E-state index is 11.4. The van der Waals surface area contributed by atoms with Gasteiger partial charge in [-0.3, -0.25) is 4.79 Å². The van der Waals surface area contributed by atoms with E-state index in [0.717, 1.165) is 0 Å². The molecule has 0 saturated carbocycles. The molecule has 1 amide bonds. The van der Waals surface area contributed by atoms with Crippen molar-refractivity contribution in [3.63, 3.8) is 0 Å². The molecule has 1 unspecified atom stereocenters. The van der Waals surface area contributed by atoms with E-state index in [1.165, 1.54) is 0 Å². The summed E-state index contributed by atoms with van der Waals surface area (Å²) in [5.74, 6) is -1.47. The molecule has 0 saturated heterocycles. The number of aliphatic carboxylic acids is 1. The Labute approximate surface area is 79.7 Å². The molecule has 3 N–H and O–H groups in total. The highest BCUT2D eigenvalue weighted by atomic mass is 16.4. The Kier molecular flexibility index (Phi) is 1.85. The summed E-state index contributed by atoms with van der Waals surface area (Å²) < 4.78 is 0. The van der Waals surface area contributed by atoms with Crippen LogP contribution in [0.1, 0.15) is 10.4 Å². The molecule has 2 rings (SSSR count). The summed E-state index contributed by atoms with van der Waals surface area (Å²) in [7, 11) is 0. The molecule has 5 heteroatoms. The van der Waals surface area contributed by atoms with Gasteiger partial charge in [-0.25, -0.2) is 4.79 Å². The third-order valence-electron chi connectivity index (χ3n) is 1.99. The number of carboxylic acid groups (broad SMARTS) is 1. The largest absolute Gasteiger partial charge is 0.478 e. The second-order valence-corrected chi connectivity index (χ2v) is 2.93. The Morgan fingerprint density at radius 3 is 2.71 bits per heavy atom. The van der Waals surface area contributed by atoms with Crippen molar-refractivity contribution in [3.8, 4) is 0 Å². The minimum Gasteiger partial charge on any atom is -0.478 e. The minimum atomic E-state index is -1.10. The average Bonchev–Trinajstić information content (AvgIpc) is 2.17. The van der Waals surface area contributed by atoms with Crippen LogP contribution in [0, 0.1) is 0 Å². The van der Waals surface area contributed by atoms with Crippen LogP contribution in [-0.2, 0) is 4.79 Å². The monoisotopic (exact) mass is 192 g/mol. The number of para-hydroxylation sites is 1. The van der Waals surface area contributed by atoms with Gasteiger partial charge in [0.15, 0.2) is 6.17 Å². The maximum Gasteiger partial charge on any atom is 0.347 e. The Hall–Kier alpha value is -2.04. The van der Waals surface area contributed by atoms with Crippen molar-refractivity contribution in [2.45, 2.75) is 6.17 Å². The van der Waals surface area contributed by atoms with E-state index < -0.39 is 12.1 Å². The van der Waals surface area contributed by atoms with Crippen LogP contribution in [0.4, 0.5) is 5.69 Å². The highest BCUT2D eigenvalue weighted by Gasteiger charge is 2.27. The Balaban J connectivity index is 2.38. The van der Waals surface area contributed by atoms with E-state index in [-0.39, 0.29) is 5.91 Å². The van der Waals surface area contributed by atoms with Gasteiger partial charge in [-0.2, -0.15) is 0 Å². The third kappa shape index (κ3) is 1.28.